The smallest absolute Gasteiger partial charge is 0.241 e. The van der Waals surface area contributed by atoms with Crippen molar-refractivity contribution in [1.29, 1.82) is 0 Å². The molecule has 0 saturated carbocycles. The predicted octanol–water partition coefficient (Wildman–Crippen LogP) is 4.21. The van der Waals surface area contributed by atoms with Crippen molar-refractivity contribution in [2.45, 2.75) is 20.1 Å². The maximum Gasteiger partial charge on any atom is 0.241 e. The van der Waals surface area contributed by atoms with E-state index >= 15 is 0 Å². The molecule has 0 aliphatic rings. The van der Waals surface area contributed by atoms with Crippen LogP contribution in [0.25, 0.3) is 11.1 Å². The van der Waals surface area contributed by atoms with Crippen molar-refractivity contribution in [1.82, 2.24) is 9.78 Å². The number of rotatable bonds is 5. The number of benzene rings is 1. The Morgan fingerprint density at radius 1 is 1.20 bits per heavy atom. The summed E-state index contributed by atoms with van der Waals surface area (Å²) in [6.45, 7) is 3.45. The highest BCUT2D eigenvalue weighted by Crippen LogP contribution is 2.30. The Morgan fingerprint density at radius 3 is 2.75 bits per heavy atom. The molecule has 0 atom stereocenters. The molecule has 102 valence electrons. The average Bonchev–Trinajstić information content (AvgIpc) is 3.15. The first kappa shape index (κ1) is 12.9. The van der Waals surface area contributed by atoms with Crippen molar-refractivity contribution in [3.8, 4) is 17.0 Å². The number of nitrogens with zero attached hydrogens (tertiary/aromatic N) is 2. The van der Waals surface area contributed by atoms with E-state index in [4.69, 9.17) is 4.74 Å². The van der Waals surface area contributed by atoms with Crippen molar-refractivity contribution in [3.63, 3.8) is 0 Å². The van der Waals surface area contributed by atoms with Crippen LogP contribution in [0.5, 0.6) is 5.88 Å². The van der Waals surface area contributed by atoms with Gasteiger partial charge in [-0.15, -0.1) is 5.10 Å². The molecule has 0 N–H and O–H groups in total. The third-order valence-electron chi connectivity index (χ3n) is 3.10. The summed E-state index contributed by atoms with van der Waals surface area (Å²) in [6.07, 6.45) is 2.04. The Hall–Kier alpha value is -2.07. The molecule has 1 aromatic carbocycles. The van der Waals surface area contributed by atoms with Crippen LogP contribution in [0.2, 0.25) is 0 Å². The fourth-order valence-electron chi connectivity index (χ4n) is 2.01. The van der Waals surface area contributed by atoms with E-state index in [1.54, 1.807) is 11.3 Å². The van der Waals surface area contributed by atoms with E-state index in [2.05, 4.69) is 41.0 Å². The first-order valence-electron chi connectivity index (χ1n) is 6.63. The zero-order valence-electron chi connectivity index (χ0n) is 11.3. The SMILES string of the molecule is CCn1cc(-c2ccsc2)c(OCc2ccccc2)n1. The molecule has 0 amide bonds. The molecule has 0 aliphatic carbocycles. The molecular weight excluding hydrogens is 268 g/mol. The quantitative estimate of drug-likeness (QED) is 0.701. The molecule has 0 unspecified atom stereocenters. The second-order valence-corrected chi connectivity index (χ2v) is 5.27. The van der Waals surface area contributed by atoms with Crippen LogP contribution in [0.3, 0.4) is 0 Å². The van der Waals surface area contributed by atoms with Gasteiger partial charge in [0.25, 0.3) is 0 Å². The monoisotopic (exact) mass is 284 g/mol. The van der Waals surface area contributed by atoms with Crippen LogP contribution in [0, 0.1) is 0 Å². The van der Waals surface area contributed by atoms with Crippen LogP contribution >= 0.6 is 11.3 Å². The molecular formula is C16H16N2OS. The zero-order chi connectivity index (χ0) is 13.8. The molecule has 0 spiro atoms. The summed E-state index contributed by atoms with van der Waals surface area (Å²) >= 11 is 1.68. The van der Waals surface area contributed by atoms with Crippen molar-refractivity contribution >= 4 is 11.3 Å². The highest BCUT2D eigenvalue weighted by Gasteiger charge is 2.12. The Bertz CT molecular complexity index is 659. The first-order valence-corrected chi connectivity index (χ1v) is 7.58. The number of ether oxygens (including phenoxy) is 1. The van der Waals surface area contributed by atoms with Crippen LogP contribution in [-0.2, 0) is 13.2 Å². The van der Waals surface area contributed by atoms with Gasteiger partial charge >= 0.3 is 0 Å². The molecule has 2 heterocycles. The highest BCUT2D eigenvalue weighted by molar-refractivity contribution is 7.08. The van der Waals surface area contributed by atoms with Crippen molar-refractivity contribution in [2.24, 2.45) is 0 Å². The minimum atomic E-state index is 0.540. The molecule has 20 heavy (non-hydrogen) atoms. The van der Waals surface area contributed by atoms with Gasteiger partial charge in [0.1, 0.15) is 6.61 Å². The van der Waals surface area contributed by atoms with E-state index in [1.807, 2.05) is 29.1 Å². The van der Waals surface area contributed by atoms with Crippen molar-refractivity contribution in [2.75, 3.05) is 0 Å². The summed E-state index contributed by atoms with van der Waals surface area (Å²) in [6, 6.07) is 12.2. The lowest BCUT2D eigenvalue weighted by molar-refractivity contribution is 0.291. The van der Waals surface area contributed by atoms with E-state index in [0.29, 0.717) is 12.5 Å². The van der Waals surface area contributed by atoms with Gasteiger partial charge in [0.05, 0.1) is 5.56 Å². The number of aryl methyl sites for hydroxylation is 1. The summed E-state index contributed by atoms with van der Waals surface area (Å²) in [5, 5.41) is 8.69. The Kier molecular flexibility index (Phi) is 3.83. The molecule has 2 aromatic heterocycles. The minimum Gasteiger partial charge on any atom is -0.471 e. The van der Waals surface area contributed by atoms with Gasteiger partial charge in [0.15, 0.2) is 0 Å². The van der Waals surface area contributed by atoms with Gasteiger partial charge in [-0.05, 0) is 34.9 Å². The molecule has 0 bridgehead atoms. The van der Waals surface area contributed by atoms with E-state index in [0.717, 1.165) is 23.2 Å². The zero-order valence-corrected chi connectivity index (χ0v) is 12.1. The summed E-state index contributed by atoms with van der Waals surface area (Å²) in [4.78, 5) is 0. The van der Waals surface area contributed by atoms with Crippen molar-refractivity contribution in [3.05, 3.63) is 58.9 Å². The lowest BCUT2D eigenvalue weighted by atomic mass is 10.2. The fraction of sp³-hybridized carbons (Fsp3) is 0.188. The number of aromatic nitrogens is 2. The van der Waals surface area contributed by atoms with E-state index in [9.17, 15) is 0 Å². The summed E-state index contributed by atoms with van der Waals surface area (Å²) in [5.74, 6) is 0.703. The third kappa shape index (κ3) is 2.75. The third-order valence-corrected chi connectivity index (χ3v) is 3.79. The Balaban J connectivity index is 1.83. The predicted molar refractivity (Wildman–Crippen MR) is 82.0 cm³/mol. The minimum absolute atomic E-state index is 0.540. The van der Waals surface area contributed by atoms with Gasteiger partial charge in [0.2, 0.25) is 5.88 Å². The molecule has 0 fully saturated rings. The Labute approximate surface area is 122 Å². The van der Waals surface area contributed by atoms with Crippen LogP contribution in [0.1, 0.15) is 12.5 Å². The van der Waals surface area contributed by atoms with Gasteiger partial charge in [-0.1, -0.05) is 30.3 Å². The summed E-state index contributed by atoms with van der Waals surface area (Å²) in [7, 11) is 0. The van der Waals surface area contributed by atoms with E-state index in [1.165, 1.54) is 0 Å². The Morgan fingerprint density at radius 2 is 2.05 bits per heavy atom. The van der Waals surface area contributed by atoms with Gasteiger partial charge < -0.3 is 4.74 Å². The molecule has 0 aliphatic heterocycles. The maximum absolute atomic E-state index is 5.90. The van der Waals surface area contributed by atoms with Crippen LogP contribution in [0.4, 0.5) is 0 Å². The first-order chi connectivity index (χ1) is 9.86. The largest absolute Gasteiger partial charge is 0.471 e. The van der Waals surface area contributed by atoms with Gasteiger partial charge in [-0.25, -0.2) is 0 Å². The topological polar surface area (TPSA) is 27.1 Å². The second-order valence-electron chi connectivity index (χ2n) is 4.49. The van der Waals surface area contributed by atoms with E-state index < -0.39 is 0 Å². The number of thiophene rings is 1. The van der Waals surface area contributed by atoms with Gasteiger partial charge in [-0.2, -0.15) is 11.3 Å². The van der Waals surface area contributed by atoms with Crippen LogP contribution in [0.15, 0.2) is 53.4 Å². The number of hydrogen-bond donors (Lipinski definition) is 0. The van der Waals surface area contributed by atoms with Crippen LogP contribution < -0.4 is 4.74 Å². The molecule has 0 saturated heterocycles. The fourth-order valence-corrected chi connectivity index (χ4v) is 2.67. The standard InChI is InChI=1S/C16H16N2OS/c1-2-18-10-15(14-8-9-20-12-14)16(17-18)19-11-13-6-4-3-5-7-13/h3-10,12H,2,11H2,1H3. The molecule has 3 nitrogen and oxygen atoms in total. The highest BCUT2D eigenvalue weighted by atomic mass is 32.1. The molecule has 0 radical (unpaired) electrons. The lowest BCUT2D eigenvalue weighted by Gasteiger charge is -2.04. The van der Waals surface area contributed by atoms with Crippen molar-refractivity contribution < 1.29 is 4.74 Å². The lowest BCUT2D eigenvalue weighted by Crippen LogP contribution is -1.98. The summed E-state index contributed by atoms with van der Waals surface area (Å²) < 4.78 is 7.81. The van der Waals surface area contributed by atoms with Gasteiger partial charge in [-0.3, -0.25) is 4.68 Å². The average molecular weight is 284 g/mol. The molecule has 3 aromatic rings. The molecule has 3 rings (SSSR count). The summed E-state index contributed by atoms with van der Waals surface area (Å²) in [5.41, 5.74) is 3.37. The van der Waals surface area contributed by atoms with Gasteiger partial charge in [0, 0.05) is 12.7 Å². The van der Waals surface area contributed by atoms with Crippen LogP contribution in [-0.4, -0.2) is 9.78 Å². The van der Waals surface area contributed by atoms with E-state index in [-0.39, 0.29) is 0 Å². The molecule has 4 heteroatoms. The second kappa shape index (κ2) is 5.92. The number of hydrogen-bond acceptors (Lipinski definition) is 3. The maximum atomic E-state index is 5.90. The normalized spacial score (nSPS) is 10.7.